The lowest BCUT2D eigenvalue weighted by Gasteiger charge is -2.36. The predicted octanol–water partition coefficient (Wildman–Crippen LogP) is 3.58. The Morgan fingerprint density at radius 1 is 1.15 bits per heavy atom. The van der Waals surface area contributed by atoms with Gasteiger partial charge in [0, 0.05) is 12.3 Å². The molecule has 0 aliphatic heterocycles. The fourth-order valence-corrected chi connectivity index (χ4v) is 4.06. The molecule has 4 N–H and O–H groups in total. The van der Waals surface area contributed by atoms with E-state index in [0.29, 0.717) is 12.2 Å². The van der Waals surface area contributed by atoms with Gasteiger partial charge in [-0.3, -0.25) is 0 Å². The molecule has 1 aromatic carbocycles. The van der Waals surface area contributed by atoms with Gasteiger partial charge in [-0.2, -0.15) is 0 Å². The van der Waals surface area contributed by atoms with E-state index in [1.165, 1.54) is 6.42 Å². The quantitative estimate of drug-likeness (QED) is 0.521. The van der Waals surface area contributed by atoms with Gasteiger partial charge in [0.2, 0.25) is 0 Å². The van der Waals surface area contributed by atoms with Crippen molar-refractivity contribution in [3.8, 4) is 0 Å². The lowest BCUT2D eigenvalue weighted by Crippen LogP contribution is -2.72. The Bertz CT molecular complexity index is 550. The summed E-state index contributed by atoms with van der Waals surface area (Å²) in [7, 11) is 0. The molecule has 4 nitrogen and oxygen atoms in total. The number of carbonyl (C=O) groups is 1. The first-order chi connectivity index (χ1) is 12.5. The summed E-state index contributed by atoms with van der Waals surface area (Å²) < 4.78 is 5.58. The number of hydrogen-bond donors (Lipinski definition) is 2. The molecule has 1 aliphatic carbocycles. The van der Waals surface area contributed by atoms with E-state index in [2.05, 4.69) is 19.6 Å². The fourth-order valence-electron chi connectivity index (χ4n) is 4.06. The summed E-state index contributed by atoms with van der Waals surface area (Å²) in [6.45, 7) is 4.65. The zero-order valence-electron chi connectivity index (χ0n) is 16.5. The van der Waals surface area contributed by atoms with Gasteiger partial charge in [0.15, 0.2) is 5.60 Å². The molecule has 0 heterocycles. The Balaban J connectivity index is 2.04. The summed E-state index contributed by atoms with van der Waals surface area (Å²) in [5.74, 6) is -0.553. The number of rotatable bonds is 9. The van der Waals surface area contributed by atoms with E-state index >= 15 is 0 Å². The van der Waals surface area contributed by atoms with Gasteiger partial charge < -0.3 is 15.6 Å². The Labute approximate surface area is 158 Å². The second-order valence-electron chi connectivity index (χ2n) is 7.91. The Morgan fingerprint density at radius 3 is 2.35 bits per heavy atom. The number of ether oxygens (including phenoxy) is 1. The van der Waals surface area contributed by atoms with Crippen LogP contribution in [0.15, 0.2) is 30.3 Å². The minimum atomic E-state index is -1.53. The van der Waals surface area contributed by atoms with Crippen LogP contribution in [0, 0.1) is 5.92 Å². The van der Waals surface area contributed by atoms with Gasteiger partial charge in [0.05, 0.1) is 12.1 Å². The molecule has 1 unspecified atom stereocenters. The molecule has 146 valence electrons. The third-order valence-corrected chi connectivity index (χ3v) is 6.31. The van der Waals surface area contributed by atoms with E-state index in [1.807, 2.05) is 30.3 Å². The highest BCUT2D eigenvalue weighted by Crippen LogP contribution is 2.40. The minimum absolute atomic E-state index is 0.0610. The highest BCUT2D eigenvalue weighted by Gasteiger charge is 2.47. The molecular weight excluding hydrogens is 326 g/mol. The van der Waals surface area contributed by atoms with Crippen molar-refractivity contribution in [3.63, 3.8) is 0 Å². The standard InChI is InChI=1S/C22H35NO3/c1-3-21(23,4-2)16-11-17-26-20(24)22(25,18-12-7-5-8-13-18)19-14-9-6-10-15-19/h5,7-8,12-13,19,25H,3-4,6,9-11,14-17,23H2,1-2H3/p+1. The maximum absolute atomic E-state index is 12.9. The van der Waals surface area contributed by atoms with Crippen LogP contribution in [0.25, 0.3) is 0 Å². The van der Waals surface area contributed by atoms with Crippen molar-refractivity contribution < 1.29 is 20.4 Å². The van der Waals surface area contributed by atoms with Crippen LogP contribution < -0.4 is 5.73 Å². The van der Waals surface area contributed by atoms with Gasteiger partial charge >= 0.3 is 5.97 Å². The average Bonchev–Trinajstić information content (AvgIpc) is 2.71. The zero-order valence-corrected chi connectivity index (χ0v) is 16.5. The summed E-state index contributed by atoms with van der Waals surface area (Å²) in [6, 6.07) is 9.32. The molecule has 1 fully saturated rings. The summed E-state index contributed by atoms with van der Waals surface area (Å²) in [6.07, 6.45) is 8.79. The fraction of sp³-hybridized carbons (Fsp3) is 0.682. The van der Waals surface area contributed by atoms with Crippen LogP contribution >= 0.6 is 0 Å². The van der Waals surface area contributed by atoms with Crippen LogP contribution in [-0.4, -0.2) is 23.2 Å². The van der Waals surface area contributed by atoms with Crippen molar-refractivity contribution in [1.29, 1.82) is 0 Å². The molecule has 4 heteroatoms. The van der Waals surface area contributed by atoms with Gasteiger partial charge in [0.1, 0.15) is 0 Å². The van der Waals surface area contributed by atoms with Gasteiger partial charge in [-0.15, -0.1) is 0 Å². The maximum atomic E-state index is 12.9. The number of carbonyl (C=O) groups excluding carboxylic acids is 1. The molecule has 1 aromatic rings. The van der Waals surface area contributed by atoms with Crippen LogP contribution in [0.3, 0.4) is 0 Å². The maximum Gasteiger partial charge on any atom is 0.343 e. The van der Waals surface area contributed by atoms with Crippen molar-refractivity contribution in [2.24, 2.45) is 5.92 Å². The molecule has 26 heavy (non-hydrogen) atoms. The van der Waals surface area contributed by atoms with E-state index < -0.39 is 11.6 Å². The average molecular weight is 363 g/mol. The van der Waals surface area contributed by atoms with Gasteiger partial charge in [-0.05, 0) is 37.7 Å². The topological polar surface area (TPSA) is 74.2 Å². The Kier molecular flexibility index (Phi) is 7.66. The SMILES string of the molecule is CCC([NH3+])(CC)CCCOC(=O)C(O)(c1ccccc1)C1CCCCC1. The highest BCUT2D eigenvalue weighted by molar-refractivity contribution is 5.81. The van der Waals surface area contributed by atoms with Crippen LogP contribution in [0.4, 0.5) is 0 Å². The van der Waals surface area contributed by atoms with Gasteiger partial charge in [-0.1, -0.05) is 63.4 Å². The van der Waals surface area contributed by atoms with E-state index in [-0.39, 0.29) is 11.5 Å². The molecule has 2 rings (SSSR count). The first-order valence-electron chi connectivity index (χ1n) is 10.3. The lowest BCUT2D eigenvalue weighted by atomic mass is 9.73. The highest BCUT2D eigenvalue weighted by atomic mass is 16.5. The molecular formula is C22H36NO3+. The first-order valence-corrected chi connectivity index (χ1v) is 10.3. The Hall–Kier alpha value is -1.39. The third kappa shape index (κ3) is 4.86. The normalized spacial score (nSPS) is 18.3. The molecule has 1 atom stereocenters. The van der Waals surface area contributed by atoms with Crippen LogP contribution in [0.2, 0.25) is 0 Å². The lowest BCUT2D eigenvalue weighted by molar-refractivity contribution is -0.482. The second kappa shape index (κ2) is 9.52. The second-order valence-corrected chi connectivity index (χ2v) is 7.91. The number of esters is 1. The van der Waals surface area contributed by atoms with E-state index in [4.69, 9.17) is 4.74 Å². The molecule has 0 amide bonds. The predicted molar refractivity (Wildman–Crippen MR) is 103 cm³/mol. The summed E-state index contributed by atoms with van der Waals surface area (Å²) in [4.78, 5) is 12.9. The number of hydrogen-bond acceptors (Lipinski definition) is 3. The number of quaternary nitrogens is 1. The summed E-state index contributed by atoms with van der Waals surface area (Å²) >= 11 is 0. The van der Waals surface area contributed by atoms with Crippen molar-refractivity contribution in [3.05, 3.63) is 35.9 Å². The largest absolute Gasteiger partial charge is 0.463 e. The first kappa shape index (κ1) is 20.9. The summed E-state index contributed by atoms with van der Waals surface area (Å²) in [5.41, 5.74) is 3.49. The van der Waals surface area contributed by atoms with Crippen molar-refractivity contribution in [1.82, 2.24) is 0 Å². The molecule has 0 aromatic heterocycles. The van der Waals surface area contributed by atoms with Gasteiger partial charge in [0.25, 0.3) is 0 Å². The molecule has 0 saturated heterocycles. The van der Waals surface area contributed by atoms with Crippen molar-refractivity contribution in [2.75, 3.05) is 6.61 Å². The smallest absolute Gasteiger partial charge is 0.343 e. The van der Waals surface area contributed by atoms with E-state index in [9.17, 15) is 9.90 Å². The van der Waals surface area contributed by atoms with Gasteiger partial charge in [-0.25, -0.2) is 4.79 Å². The van der Waals surface area contributed by atoms with E-state index in [1.54, 1.807) is 0 Å². The molecule has 0 radical (unpaired) electrons. The van der Waals surface area contributed by atoms with Crippen LogP contribution in [0.5, 0.6) is 0 Å². The zero-order chi connectivity index (χ0) is 19.0. The monoisotopic (exact) mass is 362 g/mol. The molecule has 0 spiro atoms. The summed E-state index contributed by atoms with van der Waals surface area (Å²) in [5, 5.41) is 11.4. The Morgan fingerprint density at radius 2 is 1.77 bits per heavy atom. The number of benzene rings is 1. The van der Waals surface area contributed by atoms with Crippen LogP contribution in [-0.2, 0) is 15.1 Å². The van der Waals surface area contributed by atoms with Crippen LogP contribution in [0.1, 0.15) is 77.2 Å². The molecule has 1 saturated carbocycles. The van der Waals surface area contributed by atoms with Crippen molar-refractivity contribution >= 4 is 5.97 Å². The van der Waals surface area contributed by atoms with E-state index in [0.717, 1.165) is 51.4 Å². The third-order valence-electron chi connectivity index (χ3n) is 6.31. The van der Waals surface area contributed by atoms with Crippen molar-refractivity contribution in [2.45, 2.75) is 82.8 Å². The minimum Gasteiger partial charge on any atom is -0.463 e. The molecule has 0 bridgehead atoms. The number of aliphatic hydroxyl groups is 1. The molecule has 1 aliphatic rings.